The Kier molecular flexibility index (Phi) is 12.3. The average Bonchev–Trinajstić information content (AvgIpc) is 1.87. The Labute approximate surface area is 111 Å². The van der Waals surface area contributed by atoms with E-state index in [2.05, 4.69) is 6.07 Å². The molecular weight excluding hydrogens is 198 g/mol. The van der Waals surface area contributed by atoms with E-state index in [0.717, 1.165) is 0 Å². The largest absolute Gasteiger partial charge is 1.00 e. The van der Waals surface area contributed by atoms with Crippen LogP contribution < -0.4 is 51.4 Å². The topological polar surface area (TPSA) is 0 Å². The molecule has 0 aliphatic heterocycles. The van der Waals surface area contributed by atoms with Gasteiger partial charge in [0.2, 0.25) is 0 Å². The maximum atomic E-state index is 11.9. The van der Waals surface area contributed by atoms with Crippen LogP contribution in [0.4, 0.5) is 17.3 Å². The molecule has 0 aliphatic carbocycles. The average molecular weight is 202 g/mol. The second kappa shape index (κ2) is 9.73. The molecule has 60 valence electrons. The minimum Gasteiger partial charge on any atom is -0.254 e. The van der Waals surface area contributed by atoms with Crippen LogP contribution in [0.1, 0.15) is 0 Å². The van der Waals surface area contributed by atoms with Gasteiger partial charge in [-0.1, -0.05) is 0 Å². The fraction of sp³-hybridized carbons (Fsp3) is 0. The van der Waals surface area contributed by atoms with Crippen molar-refractivity contribution < 1.29 is 68.7 Å². The summed E-state index contributed by atoms with van der Waals surface area (Å²) in [7, 11) is -3.67. The van der Waals surface area contributed by atoms with Crippen molar-refractivity contribution in [3.63, 3.8) is 0 Å². The van der Waals surface area contributed by atoms with Gasteiger partial charge in [0.05, 0.1) is 0 Å². The predicted octanol–water partition coefficient (Wildman–Crippen LogP) is -0.490. The molecule has 0 amide bonds. The van der Waals surface area contributed by atoms with E-state index in [-0.39, 0.29) is 57.2 Å². The van der Waals surface area contributed by atoms with Gasteiger partial charge in [0.25, 0.3) is 0 Å². The summed E-state index contributed by atoms with van der Waals surface area (Å²) in [5.41, 5.74) is 0. The summed E-state index contributed by atoms with van der Waals surface area (Å²) in [6.07, 6.45) is 0. The molecule has 1 aromatic carbocycles. The van der Waals surface area contributed by atoms with Gasteiger partial charge < -0.3 is 0 Å². The monoisotopic (exact) mass is 202 g/mol. The maximum absolute atomic E-state index is 11.9. The van der Waals surface area contributed by atoms with Crippen molar-refractivity contribution in [2.24, 2.45) is 0 Å². The molecular formula is C6H4BF4K. The zero-order valence-corrected chi connectivity index (χ0v) is 9.52. The van der Waals surface area contributed by atoms with Gasteiger partial charge >= 0.3 is 58.9 Å². The van der Waals surface area contributed by atoms with Crippen LogP contribution in [0, 0.1) is 11.9 Å². The minimum atomic E-state index is -3.67. The van der Waals surface area contributed by atoms with Crippen LogP contribution in [0.5, 0.6) is 0 Å². The van der Waals surface area contributed by atoms with Crippen LogP contribution in [-0.4, -0.2) is 7.54 Å². The van der Waals surface area contributed by atoms with Crippen molar-refractivity contribution in [1.82, 2.24) is 0 Å². The molecule has 0 aliphatic rings. The van der Waals surface area contributed by atoms with Gasteiger partial charge in [-0.25, -0.2) is 4.39 Å². The molecule has 0 atom stereocenters. The molecule has 0 saturated heterocycles. The second-order valence-electron chi connectivity index (χ2n) is 1.47. The van der Waals surface area contributed by atoms with E-state index in [0.29, 0.717) is 0 Å². The molecule has 1 rings (SSSR count). The smallest absolute Gasteiger partial charge is 0.254 e. The van der Waals surface area contributed by atoms with Crippen LogP contribution in [0.2, 0.25) is 0 Å². The number of rotatable bonds is 0. The third-order valence-electron chi connectivity index (χ3n) is 0.678. The molecule has 0 N–H and O–H groups in total. The third-order valence-corrected chi connectivity index (χ3v) is 0.678. The van der Waals surface area contributed by atoms with Crippen LogP contribution in [0.15, 0.2) is 24.3 Å². The fourth-order valence-electron chi connectivity index (χ4n) is 0.367. The van der Waals surface area contributed by atoms with Crippen LogP contribution in [-0.2, 0) is 0 Å². The standard InChI is InChI=1S/C6H4F.BF3.K/c7-6-4-2-1-3-5-6;2-1(3)4;/h2-5H;;/q-1;;+1. The minimum absolute atomic E-state index is 0. The molecule has 0 fully saturated rings. The molecule has 0 aromatic heterocycles. The van der Waals surface area contributed by atoms with Crippen molar-refractivity contribution in [1.29, 1.82) is 0 Å². The third kappa shape index (κ3) is 13.2. The summed E-state index contributed by atoms with van der Waals surface area (Å²) in [6.45, 7) is 0. The van der Waals surface area contributed by atoms with E-state index in [1.165, 1.54) is 24.3 Å². The van der Waals surface area contributed by atoms with Gasteiger partial charge in [-0.05, 0) is 0 Å². The first kappa shape index (κ1) is 15.1. The first-order chi connectivity index (χ1) is 5.13. The summed E-state index contributed by atoms with van der Waals surface area (Å²) < 4.78 is 40.9. The van der Waals surface area contributed by atoms with Crippen molar-refractivity contribution in [3.05, 3.63) is 36.1 Å². The van der Waals surface area contributed by atoms with Crippen LogP contribution in [0.25, 0.3) is 0 Å². The SMILES string of the molecule is FB(F)F.Fc1cc[c-]cc1.[K+]. The summed E-state index contributed by atoms with van der Waals surface area (Å²) in [5, 5.41) is 0. The van der Waals surface area contributed by atoms with Crippen LogP contribution >= 0.6 is 0 Å². The van der Waals surface area contributed by atoms with Gasteiger partial charge in [-0.2, -0.15) is 18.2 Å². The Hall–Kier alpha value is 0.641. The maximum Gasteiger partial charge on any atom is 1.00 e. The Morgan fingerprint density at radius 3 is 1.58 bits per heavy atom. The summed E-state index contributed by atoms with van der Waals surface area (Å²) >= 11 is 0. The molecule has 0 unspecified atom stereocenters. The van der Waals surface area contributed by atoms with E-state index in [9.17, 15) is 17.3 Å². The molecule has 0 heterocycles. The Balaban J connectivity index is 0. The first-order valence-electron chi connectivity index (χ1n) is 2.67. The molecule has 0 spiro atoms. The van der Waals surface area contributed by atoms with Gasteiger partial charge in [0.15, 0.2) is 0 Å². The fourth-order valence-corrected chi connectivity index (χ4v) is 0.367. The zero-order valence-electron chi connectivity index (χ0n) is 6.40. The number of hydrogen-bond acceptors (Lipinski definition) is 0. The van der Waals surface area contributed by atoms with E-state index in [1.54, 1.807) is 0 Å². The normalized spacial score (nSPS) is 7.33. The van der Waals surface area contributed by atoms with E-state index < -0.39 is 7.54 Å². The quantitative estimate of drug-likeness (QED) is 0.302. The zero-order chi connectivity index (χ0) is 8.69. The number of halogens is 4. The van der Waals surface area contributed by atoms with Crippen LogP contribution in [0.3, 0.4) is 0 Å². The Bertz CT molecular complexity index is 179. The number of benzene rings is 1. The molecule has 6 heteroatoms. The molecule has 0 radical (unpaired) electrons. The summed E-state index contributed by atoms with van der Waals surface area (Å²) in [5.74, 6) is -0.209. The molecule has 0 bridgehead atoms. The first-order valence-corrected chi connectivity index (χ1v) is 2.67. The van der Waals surface area contributed by atoms with Crippen molar-refractivity contribution in [2.45, 2.75) is 0 Å². The molecule has 0 nitrogen and oxygen atoms in total. The molecule has 0 saturated carbocycles. The molecule has 12 heavy (non-hydrogen) atoms. The molecule has 1 aromatic rings. The Morgan fingerprint density at radius 1 is 1.08 bits per heavy atom. The van der Waals surface area contributed by atoms with Gasteiger partial charge in [0.1, 0.15) is 0 Å². The van der Waals surface area contributed by atoms with E-state index in [4.69, 9.17) is 0 Å². The summed E-state index contributed by atoms with van der Waals surface area (Å²) in [6, 6.07) is 8.49. The second-order valence-corrected chi connectivity index (χ2v) is 1.47. The van der Waals surface area contributed by atoms with Crippen molar-refractivity contribution in [3.8, 4) is 0 Å². The van der Waals surface area contributed by atoms with Gasteiger partial charge in [-0.15, -0.1) is 12.1 Å². The van der Waals surface area contributed by atoms with Crippen molar-refractivity contribution >= 4 is 7.54 Å². The number of hydrogen-bond donors (Lipinski definition) is 0. The van der Waals surface area contributed by atoms with Gasteiger partial charge in [-0.3, -0.25) is 12.9 Å². The summed E-state index contributed by atoms with van der Waals surface area (Å²) in [4.78, 5) is 0. The predicted molar refractivity (Wildman–Crippen MR) is 34.3 cm³/mol. The van der Waals surface area contributed by atoms with E-state index >= 15 is 0 Å². The van der Waals surface area contributed by atoms with Crippen molar-refractivity contribution in [2.75, 3.05) is 0 Å². The Morgan fingerprint density at radius 2 is 1.42 bits per heavy atom. The van der Waals surface area contributed by atoms with E-state index in [1.807, 2.05) is 0 Å². The van der Waals surface area contributed by atoms with Gasteiger partial charge in [0, 0.05) is 5.82 Å².